The summed E-state index contributed by atoms with van der Waals surface area (Å²) in [5.74, 6) is -1.04. The Morgan fingerprint density at radius 3 is 2.44 bits per heavy atom. The van der Waals surface area contributed by atoms with Crippen molar-refractivity contribution in [1.82, 2.24) is 5.32 Å². The van der Waals surface area contributed by atoms with Crippen LogP contribution in [-0.4, -0.2) is 26.3 Å². The molecule has 0 unspecified atom stereocenters. The lowest BCUT2D eigenvalue weighted by atomic mass is 9.93. The van der Waals surface area contributed by atoms with E-state index in [-0.39, 0.29) is 5.82 Å². The molecule has 2 aliphatic heterocycles. The second-order valence-electron chi connectivity index (χ2n) is 4.50. The number of hydrogen-bond acceptors (Lipinski definition) is 3. The van der Waals surface area contributed by atoms with E-state index in [1.165, 1.54) is 12.1 Å². The fraction of sp³-hybridized carbons (Fsp3) is 0.429. The van der Waals surface area contributed by atoms with E-state index in [1.807, 2.05) is 0 Å². The zero-order valence-electron chi connectivity index (χ0n) is 10.1. The van der Waals surface area contributed by atoms with Gasteiger partial charge >= 0.3 is 0 Å². The third kappa shape index (κ3) is 1.96. The van der Waals surface area contributed by atoms with Crippen molar-refractivity contribution < 1.29 is 13.9 Å². The molecular weight excluding hydrogens is 233 g/mol. The molecule has 0 radical (unpaired) electrons. The molecule has 3 nitrogen and oxygen atoms in total. The van der Waals surface area contributed by atoms with Crippen LogP contribution in [0.5, 0.6) is 0 Å². The smallest absolute Gasteiger partial charge is 0.218 e. The minimum atomic E-state index is -0.796. The quantitative estimate of drug-likeness (QED) is 0.813. The lowest BCUT2D eigenvalue weighted by Gasteiger charge is -2.32. The van der Waals surface area contributed by atoms with Crippen LogP contribution < -0.4 is 5.32 Å². The SMILES string of the molecule is Fc1ccc(C2(C3=CCNCC3)OCCO2)cc1. The summed E-state index contributed by atoms with van der Waals surface area (Å²) in [5.41, 5.74) is 2.00. The molecule has 0 saturated carbocycles. The van der Waals surface area contributed by atoms with Gasteiger partial charge in [0.2, 0.25) is 5.79 Å². The van der Waals surface area contributed by atoms with Gasteiger partial charge in [-0.2, -0.15) is 0 Å². The zero-order chi connectivity index (χ0) is 12.4. The fourth-order valence-electron chi connectivity index (χ4n) is 2.54. The van der Waals surface area contributed by atoms with Crippen LogP contribution >= 0.6 is 0 Å². The first-order chi connectivity index (χ1) is 8.81. The maximum absolute atomic E-state index is 13.0. The van der Waals surface area contributed by atoms with Crippen molar-refractivity contribution in [2.75, 3.05) is 26.3 Å². The molecule has 18 heavy (non-hydrogen) atoms. The molecule has 96 valence electrons. The van der Waals surface area contributed by atoms with Gasteiger partial charge in [0.25, 0.3) is 0 Å². The van der Waals surface area contributed by atoms with Crippen LogP contribution in [-0.2, 0) is 15.3 Å². The Morgan fingerprint density at radius 2 is 1.83 bits per heavy atom. The molecule has 0 bridgehead atoms. The number of hydrogen-bond donors (Lipinski definition) is 1. The lowest BCUT2D eigenvalue weighted by Crippen LogP contribution is -2.35. The summed E-state index contributed by atoms with van der Waals surface area (Å²) >= 11 is 0. The Balaban J connectivity index is 2.00. The maximum Gasteiger partial charge on any atom is 0.218 e. The number of nitrogens with one attached hydrogen (secondary N) is 1. The Kier molecular flexibility index (Phi) is 3.16. The normalized spacial score (nSPS) is 22.8. The van der Waals surface area contributed by atoms with E-state index in [1.54, 1.807) is 12.1 Å². The van der Waals surface area contributed by atoms with Gasteiger partial charge in [-0.05, 0) is 30.7 Å². The van der Waals surface area contributed by atoms with Crippen molar-refractivity contribution >= 4 is 0 Å². The van der Waals surface area contributed by atoms with Crippen LogP contribution in [0.1, 0.15) is 12.0 Å². The monoisotopic (exact) mass is 249 g/mol. The van der Waals surface area contributed by atoms with E-state index in [9.17, 15) is 4.39 Å². The highest BCUT2D eigenvalue weighted by Crippen LogP contribution is 2.40. The van der Waals surface area contributed by atoms with E-state index in [0.29, 0.717) is 13.2 Å². The van der Waals surface area contributed by atoms with Crippen molar-refractivity contribution in [3.63, 3.8) is 0 Å². The van der Waals surface area contributed by atoms with E-state index in [4.69, 9.17) is 9.47 Å². The average molecular weight is 249 g/mol. The molecule has 1 saturated heterocycles. The Labute approximate surface area is 106 Å². The van der Waals surface area contributed by atoms with E-state index in [0.717, 1.165) is 30.6 Å². The van der Waals surface area contributed by atoms with Gasteiger partial charge in [-0.3, -0.25) is 0 Å². The van der Waals surface area contributed by atoms with Crippen LogP contribution in [0.15, 0.2) is 35.9 Å². The summed E-state index contributed by atoms with van der Waals surface area (Å²) < 4.78 is 24.8. The largest absolute Gasteiger partial charge is 0.340 e. The van der Waals surface area contributed by atoms with Gasteiger partial charge in [0, 0.05) is 12.1 Å². The second-order valence-corrected chi connectivity index (χ2v) is 4.50. The minimum absolute atomic E-state index is 0.244. The van der Waals surface area contributed by atoms with Gasteiger partial charge in [0.05, 0.1) is 13.2 Å². The standard InChI is InChI=1S/C14H16FNO2/c15-13-3-1-11(2-4-13)14(17-9-10-18-14)12-5-7-16-8-6-12/h1-5,16H,6-10H2. The molecule has 0 amide bonds. The highest BCUT2D eigenvalue weighted by molar-refractivity contribution is 5.32. The third-order valence-electron chi connectivity index (χ3n) is 3.40. The highest BCUT2D eigenvalue weighted by atomic mass is 19.1. The predicted molar refractivity (Wildman–Crippen MR) is 65.6 cm³/mol. The molecule has 1 aromatic carbocycles. The van der Waals surface area contributed by atoms with Crippen LogP contribution in [0.25, 0.3) is 0 Å². The first-order valence-corrected chi connectivity index (χ1v) is 6.25. The highest BCUT2D eigenvalue weighted by Gasteiger charge is 2.42. The molecule has 0 aliphatic carbocycles. The molecule has 0 aromatic heterocycles. The Morgan fingerprint density at radius 1 is 1.11 bits per heavy atom. The molecule has 1 fully saturated rings. The molecule has 1 N–H and O–H groups in total. The Bertz CT molecular complexity index is 449. The molecule has 2 aliphatic rings. The van der Waals surface area contributed by atoms with Crippen molar-refractivity contribution in [3.05, 3.63) is 47.3 Å². The number of halogens is 1. The first kappa shape index (κ1) is 11.8. The van der Waals surface area contributed by atoms with Gasteiger partial charge < -0.3 is 14.8 Å². The molecule has 0 spiro atoms. The first-order valence-electron chi connectivity index (χ1n) is 6.25. The zero-order valence-corrected chi connectivity index (χ0v) is 10.1. The van der Waals surface area contributed by atoms with Crippen LogP contribution in [0.2, 0.25) is 0 Å². The number of ether oxygens (including phenoxy) is 2. The summed E-state index contributed by atoms with van der Waals surface area (Å²) in [6, 6.07) is 6.38. The molecule has 1 aromatic rings. The van der Waals surface area contributed by atoms with Crippen molar-refractivity contribution in [3.8, 4) is 0 Å². The van der Waals surface area contributed by atoms with Crippen LogP contribution in [0, 0.1) is 5.82 Å². The second kappa shape index (κ2) is 4.80. The van der Waals surface area contributed by atoms with Crippen molar-refractivity contribution in [2.45, 2.75) is 12.2 Å². The topological polar surface area (TPSA) is 30.5 Å². The fourth-order valence-corrected chi connectivity index (χ4v) is 2.54. The Hall–Kier alpha value is -1.23. The maximum atomic E-state index is 13.0. The average Bonchev–Trinajstić information content (AvgIpc) is 2.91. The molecule has 4 heteroatoms. The third-order valence-corrected chi connectivity index (χ3v) is 3.40. The summed E-state index contributed by atoms with van der Waals surface area (Å²) in [6.07, 6.45) is 3.00. The summed E-state index contributed by atoms with van der Waals surface area (Å²) in [7, 11) is 0. The van der Waals surface area contributed by atoms with Crippen LogP contribution in [0.3, 0.4) is 0 Å². The van der Waals surface area contributed by atoms with Crippen molar-refractivity contribution in [1.29, 1.82) is 0 Å². The predicted octanol–water partition coefficient (Wildman–Crippen LogP) is 1.95. The molecule has 3 rings (SSSR count). The van der Waals surface area contributed by atoms with Gasteiger partial charge in [0.1, 0.15) is 5.82 Å². The summed E-state index contributed by atoms with van der Waals surface area (Å²) in [5, 5.41) is 3.27. The van der Waals surface area contributed by atoms with Gasteiger partial charge in [-0.1, -0.05) is 18.2 Å². The number of rotatable bonds is 2. The van der Waals surface area contributed by atoms with E-state index in [2.05, 4.69) is 11.4 Å². The van der Waals surface area contributed by atoms with Gasteiger partial charge in [-0.15, -0.1) is 0 Å². The van der Waals surface area contributed by atoms with Crippen molar-refractivity contribution in [2.24, 2.45) is 0 Å². The van der Waals surface area contributed by atoms with E-state index < -0.39 is 5.79 Å². The number of benzene rings is 1. The minimum Gasteiger partial charge on any atom is -0.340 e. The van der Waals surface area contributed by atoms with Gasteiger partial charge in [-0.25, -0.2) is 4.39 Å². The summed E-state index contributed by atoms with van der Waals surface area (Å²) in [4.78, 5) is 0. The molecular formula is C14H16FNO2. The van der Waals surface area contributed by atoms with Crippen LogP contribution in [0.4, 0.5) is 4.39 Å². The van der Waals surface area contributed by atoms with E-state index >= 15 is 0 Å². The summed E-state index contributed by atoms with van der Waals surface area (Å²) in [6.45, 7) is 2.89. The molecule has 2 heterocycles. The lowest BCUT2D eigenvalue weighted by molar-refractivity contribution is -0.136. The van der Waals surface area contributed by atoms with Gasteiger partial charge in [0.15, 0.2) is 0 Å². The molecule has 0 atom stereocenters.